The van der Waals surface area contributed by atoms with Crippen LogP contribution in [0.2, 0.25) is 0 Å². The molecule has 0 saturated carbocycles. The van der Waals surface area contributed by atoms with Crippen LogP contribution in [0.4, 0.5) is 0 Å². The first-order valence-electron chi connectivity index (χ1n) is 8.75. The number of hydrogen-bond acceptors (Lipinski definition) is 4. The molecule has 0 aliphatic carbocycles. The van der Waals surface area contributed by atoms with Crippen LogP contribution < -0.4 is 0 Å². The highest BCUT2D eigenvalue weighted by Crippen LogP contribution is 2.30. The molecule has 24 heavy (non-hydrogen) atoms. The molecule has 3 heterocycles. The maximum Gasteiger partial charge on any atom is 0.224 e. The van der Waals surface area contributed by atoms with Crippen molar-refractivity contribution < 1.29 is 4.79 Å². The summed E-state index contributed by atoms with van der Waals surface area (Å²) in [5.41, 5.74) is 0. The van der Waals surface area contributed by atoms with Crippen LogP contribution >= 0.6 is 11.3 Å². The number of nitrogens with zero attached hydrogens (tertiary/aromatic N) is 4. The lowest BCUT2D eigenvalue weighted by Crippen LogP contribution is -2.39. The van der Waals surface area contributed by atoms with Gasteiger partial charge in [0, 0.05) is 61.4 Å². The number of hydrogen-bond donors (Lipinski definition) is 0. The number of thiazole rings is 1. The molecule has 3 rings (SSSR count). The van der Waals surface area contributed by atoms with Gasteiger partial charge in [0.1, 0.15) is 5.82 Å². The van der Waals surface area contributed by atoms with Gasteiger partial charge in [0.15, 0.2) is 0 Å². The number of amides is 1. The zero-order valence-electron chi connectivity index (χ0n) is 14.7. The Labute approximate surface area is 147 Å². The summed E-state index contributed by atoms with van der Waals surface area (Å²) < 4.78 is 2.11. The van der Waals surface area contributed by atoms with Gasteiger partial charge in [-0.25, -0.2) is 9.97 Å². The van der Waals surface area contributed by atoms with Gasteiger partial charge in [-0.15, -0.1) is 11.3 Å². The Morgan fingerprint density at radius 3 is 2.96 bits per heavy atom. The number of aromatic nitrogens is 3. The van der Waals surface area contributed by atoms with E-state index in [4.69, 9.17) is 0 Å². The fourth-order valence-electron chi connectivity index (χ4n) is 3.35. The summed E-state index contributed by atoms with van der Waals surface area (Å²) in [6.45, 7) is 8.75. The molecule has 1 amide bonds. The lowest BCUT2D eigenvalue weighted by atomic mass is 9.98. The van der Waals surface area contributed by atoms with Crippen LogP contribution in [0.5, 0.6) is 0 Å². The van der Waals surface area contributed by atoms with Crippen molar-refractivity contribution in [2.75, 3.05) is 13.1 Å². The van der Waals surface area contributed by atoms with E-state index in [2.05, 4.69) is 35.3 Å². The number of aryl methyl sites for hydroxylation is 2. The first kappa shape index (κ1) is 17.1. The lowest BCUT2D eigenvalue weighted by Gasteiger charge is -2.32. The third-order valence-corrected chi connectivity index (χ3v) is 5.67. The van der Waals surface area contributed by atoms with E-state index < -0.39 is 0 Å². The van der Waals surface area contributed by atoms with Crippen molar-refractivity contribution in [2.45, 2.75) is 58.4 Å². The molecule has 1 aliphatic rings. The summed E-state index contributed by atoms with van der Waals surface area (Å²) in [4.78, 5) is 24.8. The van der Waals surface area contributed by atoms with E-state index >= 15 is 0 Å². The number of imidazole rings is 1. The SMILES string of the molecule is Cc1cnc([C@H]2CCCN(C(=O)CCn3ccnc3C(C)C)C2)s1. The van der Waals surface area contributed by atoms with Gasteiger partial charge in [-0.05, 0) is 19.8 Å². The predicted octanol–water partition coefficient (Wildman–Crippen LogP) is 3.57. The lowest BCUT2D eigenvalue weighted by molar-refractivity contribution is -0.132. The summed E-state index contributed by atoms with van der Waals surface area (Å²) in [6.07, 6.45) is 8.47. The van der Waals surface area contributed by atoms with Crippen LogP contribution in [-0.4, -0.2) is 38.4 Å². The van der Waals surface area contributed by atoms with E-state index in [0.717, 1.165) is 31.8 Å². The molecule has 0 N–H and O–H groups in total. The summed E-state index contributed by atoms with van der Waals surface area (Å²) in [6, 6.07) is 0. The second-order valence-corrected chi connectivity index (χ2v) is 8.14. The van der Waals surface area contributed by atoms with Gasteiger partial charge in [-0.2, -0.15) is 0 Å². The van der Waals surface area contributed by atoms with Gasteiger partial charge < -0.3 is 9.47 Å². The summed E-state index contributed by atoms with van der Waals surface area (Å²) >= 11 is 1.76. The quantitative estimate of drug-likeness (QED) is 0.832. The summed E-state index contributed by atoms with van der Waals surface area (Å²) in [7, 11) is 0. The minimum atomic E-state index is 0.247. The zero-order valence-corrected chi connectivity index (χ0v) is 15.6. The van der Waals surface area contributed by atoms with Gasteiger partial charge in [-0.1, -0.05) is 13.8 Å². The normalized spacial score (nSPS) is 18.3. The molecular weight excluding hydrogens is 320 g/mol. The molecule has 6 heteroatoms. The number of carbonyl (C=O) groups excluding carboxylic acids is 1. The third-order valence-electron chi connectivity index (χ3n) is 4.59. The molecule has 0 aromatic carbocycles. The minimum Gasteiger partial charge on any atom is -0.342 e. The van der Waals surface area contributed by atoms with E-state index in [0.29, 0.717) is 24.8 Å². The fourth-order valence-corrected chi connectivity index (χ4v) is 4.25. The third kappa shape index (κ3) is 3.86. The largest absolute Gasteiger partial charge is 0.342 e. The van der Waals surface area contributed by atoms with Crippen molar-refractivity contribution in [2.24, 2.45) is 0 Å². The van der Waals surface area contributed by atoms with E-state index in [1.807, 2.05) is 23.5 Å². The van der Waals surface area contributed by atoms with E-state index in [-0.39, 0.29) is 5.91 Å². The molecule has 1 fully saturated rings. The molecule has 5 nitrogen and oxygen atoms in total. The van der Waals surface area contributed by atoms with Gasteiger partial charge in [0.2, 0.25) is 5.91 Å². The van der Waals surface area contributed by atoms with Crippen LogP contribution in [0.1, 0.15) is 60.7 Å². The minimum absolute atomic E-state index is 0.247. The number of likely N-dealkylation sites (tertiary alicyclic amines) is 1. The van der Waals surface area contributed by atoms with Crippen LogP contribution in [0, 0.1) is 6.92 Å². The summed E-state index contributed by atoms with van der Waals surface area (Å²) in [5, 5.41) is 1.18. The molecule has 130 valence electrons. The molecule has 0 spiro atoms. The zero-order chi connectivity index (χ0) is 17.1. The van der Waals surface area contributed by atoms with E-state index in [1.54, 1.807) is 11.3 Å². The van der Waals surface area contributed by atoms with Crippen LogP contribution in [0.15, 0.2) is 18.6 Å². The maximum atomic E-state index is 12.6. The Bertz CT molecular complexity index is 691. The van der Waals surface area contributed by atoms with Crippen molar-refractivity contribution in [3.05, 3.63) is 34.3 Å². The Hall–Kier alpha value is -1.69. The smallest absolute Gasteiger partial charge is 0.224 e. The molecule has 1 saturated heterocycles. The summed E-state index contributed by atoms with van der Waals surface area (Å²) in [5.74, 6) is 2.08. The Kier molecular flexibility index (Phi) is 5.33. The molecular formula is C18H26N4OS. The first-order valence-corrected chi connectivity index (χ1v) is 9.57. The van der Waals surface area contributed by atoms with Gasteiger partial charge >= 0.3 is 0 Å². The number of carbonyl (C=O) groups is 1. The van der Waals surface area contributed by atoms with Crippen molar-refractivity contribution in [3.8, 4) is 0 Å². The molecule has 0 bridgehead atoms. The Balaban J connectivity index is 1.57. The second-order valence-electron chi connectivity index (χ2n) is 6.87. The standard InChI is InChI=1S/C18H26N4OS/c1-13(2)17-19-7-10-21(17)9-6-16(23)22-8-4-5-15(12-22)18-20-11-14(3)24-18/h7,10-11,13,15H,4-6,8-9,12H2,1-3H3/t15-/m0/s1. The van der Waals surface area contributed by atoms with Gasteiger partial charge in [-0.3, -0.25) is 4.79 Å². The predicted molar refractivity (Wildman–Crippen MR) is 96.3 cm³/mol. The van der Waals surface area contributed by atoms with Crippen LogP contribution in [0.3, 0.4) is 0 Å². The monoisotopic (exact) mass is 346 g/mol. The Morgan fingerprint density at radius 2 is 2.25 bits per heavy atom. The molecule has 1 aliphatic heterocycles. The topological polar surface area (TPSA) is 51.0 Å². The van der Waals surface area contributed by atoms with Crippen LogP contribution in [-0.2, 0) is 11.3 Å². The van der Waals surface area contributed by atoms with Crippen molar-refractivity contribution >= 4 is 17.2 Å². The highest BCUT2D eigenvalue weighted by molar-refractivity contribution is 7.11. The highest BCUT2D eigenvalue weighted by atomic mass is 32.1. The van der Waals surface area contributed by atoms with Crippen LogP contribution in [0.25, 0.3) is 0 Å². The molecule has 0 unspecified atom stereocenters. The van der Waals surface area contributed by atoms with Gasteiger partial charge in [0.05, 0.1) is 5.01 Å². The van der Waals surface area contributed by atoms with E-state index in [9.17, 15) is 4.79 Å². The van der Waals surface area contributed by atoms with Crippen molar-refractivity contribution in [1.29, 1.82) is 0 Å². The average molecular weight is 347 g/mol. The van der Waals surface area contributed by atoms with Crippen molar-refractivity contribution in [1.82, 2.24) is 19.4 Å². The highest BCUT2D eigenvalue weighted by Gasteiger charge is 2.26. The maximum absolute atomic E-state index is 12.6. The molecule has 0 radical (unpaired) electrons. The fraction of sp³-hybridized carbons (Fsp3) is 0.611. The Morgan fingerprint density at radius 1 is 1.42 bits per heavy atom. The second kappa shape index (κ2) is 7.47. The number of piperidine rings is 1. The van der Waals surface area contributed by atoms with Gasteiger partial charge in [0.25, 0.3) is 0 Å². The first-order chi connectivity index (χ1) is 11.5. The van der Waals surface area contributed by atoms with E-state index in [1.165, 1.54) is 9.88 Å². The van der Waals surface area contributed by atoms with Crippen molar-refractivity contribution in [3.63, 3.8) is 0 Å². The number of rotatable bonds is 5. The molecule has 2 aromatic rings. The molecule has 1 atom stereocenters. The average Bonchev–Trinajstić information content (AvgIpc) is 3.21. The molecule has 2 aromatic heterocycles.